The van der Waals surface area contributed by atoms with Crippen LogP contribution in [0, 0.1) is 0 Å². The summed E-state index contributed by atoms with van der Waals surface area (Å²) in [5, 5.41) is 6.15. The lowest BCUT2D eigenvalue weighted by molar-refractivity contribution is -0.120. The fraction of sp³-hybridized carbons (Fsp3) is 0.235. The first kappa shape index (κ1) is 12.9. The van der Waals surface area contributed by atoms with E-state index in [2.05, 4.69) is 59.2 Å². The van der Waals surface area contributed by atoms with Crippen LogP contribution >= 0.6 is 0 Å². The van der Waals surface area contributed by atoms with Crippen molar-refractivity contribution >= 4 is 5.91 Å². The zero-order chi connectivity index (χ0) is 13.9. The van der Waals surface area contributed by atoms with Gasteiger partial charge in [0.05, 0.1) is 6.04 Å². The number of carbonyl (C=O) groups excluding carboxylic acids is 1. The van der Waals surface area contributed by atoms with Crippen LogP contribution in [0.4, 0.5) is 0 Å². The van der Waals surface area contributed by atoms with Crippen LogP contribution in [0.2, 0.25) is 0 Å². The number of hydrogen-bond donors (Lipinski definition) is 2. The topological polar surface area (TPSA) is 41.1 Å². The molecular formula is C17H18N2O. The van der Waals surface area contributed by atoms with E-state index in [1.54, 1.807) is 7.05 Å². The molecule has 0 saturated carbocycles. The molecule has 1 aliphatic rings. The summed E-state index contributed by atoms with van der Waals surface area (Å²) in [6.45, 7) is 0.674. The standard InChI is InChI=1S/C17H18N2O/c1-18-16(20)10-11-19-17-14-8-4-2-6-12(14)13-7-3-5-9-15(13)17/h2-9,17,19H,10-11H2,1H3,(H,18,20). The molecule has 0 unspecified atom stereocenters. The molecule has 1 amide bonds. The number of nitrogens with one attached hydrogen (secondary N) is 2. The van der Waals surface area contributed by atoms with Gasteiger partial charge < -0.3 is 10.6 Å². The van der Waals surface area contributed by atoms with Crippen molar-refractivity contribution in [2.24, 2.45) is 0 Å². The third-order valence-corrected chi connectivity index (χ3v) is 3.81. The van der Waals surface area contributed by atoms with E-state index in [1.165, 1.54) is 22.3 Å². The Morgan fingerprint density at radius 1 is 1.00 bits per heavy atom. The molecule has 2 aromatic rings. The summed E-state index contributed by atoms with van der Waals surface area (Å²) >= 11 is 0. The normalized spacial score (nSPS) is 12.8. The molecule has 0 aliphatic heterocycles. The van der Waals surface area contributed by atoms with Gasteiger partial charge in [0.25, 0.3) is 0 Å². The highest BCUT2D eigenvalue weighted by Crippen LogP contribution is 2.42. The minimum Gasteiger partial charge on any atom is -0.359 e. The average Bonchev–Trinajstić information content (AvgIpc) is 2.82. The highest BCUT2D eigenvalue weighted by Gasteiger charge is 2.27. The second-order valence-electron chi connectivity index (χ2n) is 4.98. The van der Waals surface area contributed by atoms with E-state index in [1.807, 2.05) is 0 Å². The largest absolute Gasteiger partial charge is 0.359 e. The molecule has 0 atom stereocenters. The Kier molecular flexibility index (Phi) is 3.52. The number of rotatable bonds is 4. The van der Waals surface area contributed by atoms with Gasteiger partial charge in [0.2, 0.25) is 5.91 Å². The van der Waals surface area contributed by atoms with Gasteiger partial charge in [0.1, 0.15) is 0 Å². The first-order valence-electron chi connectivity index (χ1n) is 6.93. The first-order chi connectivity index (χ1) is 9.81. The lowest BCUT2D eigenvalue weighted by atomic mass is 10.1. The smallest absolute Gasteiger partial charge is 0.221 e. The summed E-state index contributed by atoms with van der Waals surface area (Å²) in [6.07, 6.45) is 0.497. The monoisotopic (exact) mass is 266 g/mol. The predicted molar refractivity (Wildman–Crippen MR) is 80.4 cm³/mol. The molecule has 0 bridgehead atoms. The zero-order valence-corrected chi connectivity index (χ0v) is 11.5. The maximum Gasteiger partial charge on any atom is 0.221 e. The molecular weight excluding hydrogens is 248 g/mol. The molecule has 20 heavy (non-hydrogen) atoms. The van der Waals surface area contributed by atoms with E-state index in [9.17, 15) is 4.79 Å². The van der Waals surface area contributed by atoms with E-state index in [0.29, 0.717) is 13.0 Å². The van der Waals surface area contributed by atoms with E-state index in [-0.39, 0.29) is 11.9 Å². The van der Waals surface area contributed by atoms with Crippen LogP contribution in [0.3, 0.4) is 0 Å². The number of fused-ring (bicyclic) bond motifs is 3. The fourth-order valence-electron chi connectivity index (χ4n) is 2.83. The van der Waals surface area contributed by atoms with E-state index >= 15 is 0 Å². The van der Waals surface area contributed by atoms with Crippen molar-refractivity contribution < 1.29 is 4.79 Å². The van der Waals surface area contributed by atoms with Crippen molar-refractivity contribution in [1.82, 2.24) is 10.6 Å². The van der Waals surface area contributed by atoms with Crippen molar-refractivity contribution in [3.05, 3.63) is 59.7 Å². The van der Waals surface area contributed by atoms with Gasteiger partial charge >= 0.3 is 0 Å². The Labute approximate surface area is 119 Å². The first-order valence-corrected chi connectivity index (χ1v) is 6.93. The maximum absolute atomic E-state index is 11.3. The van der Waals surface area contributed by atoms with Crippen LogP contribution in [-0.2, 0) is 4.79 Å². The molecule has 3 heteroatoms. The Morgan fingerprint density at radius 3 is 2.10 bits per heavy atom. The van der Waals surface area contributed by atoms with Gasteiger partial charge in [-0.25, -0.2) is 0 Å². The molecule has 102 valence electrons. The Balaban J connectivity index is 1.85. The molecule has 3 nitrogen and oxygen atoms in total. The van der Waals surface area contributed by atoms with Gasteiger partial charge in [0, 0.05) is 20.0 Å². The maximum atomic E-state index is 11.3. The minimum atomic E-state index is 0.0667. The van der Waals surface area contributed by atoms with Crippen LogP contribution in [0.25, 0.3) is 11.1 Å². The SMILES string of the molecule is CNC(=O)CCNC1c2ccccc2-c2ccccc21. The average molecular weight is 266 g/mol. The molecule has 3 rings (SSSR count). The van der Waals surface area contributed by atoms with Crippen LogP contribution in [0.1, 0.15) is 23.6 Å². The van der Waals surface area contributed by atoms with Crippen LogP contribution in [0.15, 0.2) is 48.5 Å². The Hall–Kier alpha value is -2.13. The van der Waals surface area contributed by atoms with Gasteiger partial charge in [-0.15, -0.1) is 0 Å². The van der Waals surface area contributed by atoms with E-state index in [0.717, 1.165) is 0 Å². The number of benzene rings is 2. The van der Waals surface area contributed by atoms with Crippen molar-refractivity contribution in [1.29, 1.82) is 0 Å². The predicted octanol–water partition coefficient (Wildman–Crippen LogP) is 2.48. The zero-order valence-electron chi connectivity index (χ0n) is 11.5. The highest BCUT2D eigenvalue weighted by molar-refractivity contribution is 5.78. The fourth-order valence-corrected chi connectivity index (χ4v) is 2.83. The second kappa shape index (κ2) is 5.47. The molecule has 1 aliphatic carbocycles. The molecule has 0 radical (unpaired) electrons. The van der Waals surface area contributed by atoms with Gasteiger partial charge in [-0.2, -0.15) is 0 Å². The second-order valence-corrected chi connectivity index (χ2v) is 4.98. The molecule has 2 aromatic carbocycles. The van der Waals surface area contributed by atoms with E-state index < -0.39 is 0 Å². The summed E-state index contributed by atoms with van der Waals surface area (Å²) in [5.74, 6) is 0.0667. The summed E-state index contributed by atoms with van der Waals surface area (Å²) in [7, 11) is 1.67. The lowest BCUT2D eigenvalue weighted by Crippen LogP contribution is -2.27. The van der Waals surface area contributed by atoms with Crippen molar-refractivity contribution in [3.8, 4) is 11.1 Å². The minimum absolute atomic E-state index is 0.0667. The molecule has 0 saturated heterocycles. The van der Waals surface area contributed by atoms with Crippen LogP contribution in [0.5, 0.6) is 0 Å². The molecule has 0 spiro atoms. The number of hydrogen-bond acceptors (Lipinski definition) is 2. The summed E-state index contributed by atoms with van der Waals surface area (Å²) in [6, 6.07) is 17.1. The Bertz CT molecular complexity index is 591. The quantitative estimate of drug-likeness (QED) is 0.892. The van der Waals surface area contributed by atoms with Crippen molar-refractivity contribution in [2.75, 3.05) is 13.6 Å². The lowest BCUT2D eigenvalue weighted by Gasteiger charge is -2.15. The van der Waals surface area contributed by atoms with Gasteiger partial charge in [-0.3, -0.25) is 4.79 Å². The van der Waals surface area contributed by atoms with Crippen molar-refractivity contribution in [2.45, 2.75) is 12.5 Å². The van der Waals surface area contributed by atoms with Gasteiger partial charge in [-0.05, 0) is 22.3 Å². The summed E-state index contributed by atoms with van der Waals surface area (Å²) in [5.41, 5.74) is 5.18. The van der Waals surface area contributed by atoms with Crippen LogP contribution < -0.4 is 10.6 Å². The highest BCUT2D eigenvalue weighted by atomic mass is 16.1. The number of carbonyl (C=O) groups is 1. The third kappa shape index (κ3) is 2.21. The van der Waals surface area contributed by atoms with Crippen LogP contribution in [-0.4, -0.2) is 19.5 Å². The van der Waals surface area contributed by atoms with Gasteiger partial charge in [0.15, 0.2) is 0 Å². The summed E-state index contributed by atoms with van der Waals surface area (Å²) in [4.78, 5) is 11.3. The van der Waals surface area contributed by atoms with Crippen molar-refractivity contribution in [3.63, 3.8) is 0 Å². The molecule has 0 fully saturated rings. The van der Waals surface area contributed by atoms with E-state index in [4.69, 9.17) is 0 Å². The molecule has 0 aromatic heterocycles. The third-order valence-electron chi connectivity index (χ3n) is 3.81. The Morgan fingerprint density at radius 2 is 1.55 bits per heavy atom. The van der Waals surface area contributed by atoms with Gasteiger partial charge in [-0.1, -0.05) is 48.5 Å². The molecule has 0 heterocycles. The summed E-state index contributed by atoms with van der Waals surface area (Å²) < 4.78 is 0. The number of amides is 1. The molecule has 2 N–H and O–H groups in total.